The molecule has 0 radical (unpaired) electrons. The molecule has 9 heavy (non-hydrogen) atoms. The fourth-order valence-corrected chi connectivity index (χ4v) is 0.848. The van der Waals surface area contributed by atoms with Gasteiger partial charge in [-0.25, -0.2) is 0 Å². The highest BCUT2D eigenvalue weighted by Crippen LogP contribution is 2.23. The summed E-state index contributed by atoms with van der Waals surface area (Å²) in [7, 11) is 0. The molecule has 0 bridgehead atoms. The minimum Gasteiger partial charge on any atom is -0.507 e. The Labute approximate surface area is 64.5 Å². The molecular formula is C6H6OS2. The first kappa shape index (κ1) is 6.83. The molecule has 1 N–H and O–H groups in total. The van der Waals surface area contributed by atoms with E-state index in [-0.39, 0.29) is 5.75 Å². The SMILES string of the molecule is Oc1cc(S)ccc1S. The van der Waals surface area contributed by atoms with Crippen LogP contribution in [0.3, 0.4) is 0 Å². The number of phenols is 1. The maximum Gasteiger partial charge on any atom is 0.129 e. The summed E-state index contributed by atoms with van der Waals surface area (Å²) in [5, 5.41) is 8.97. The van der Waals surface area contributed by atoms with Gasteiger partial charge >= 0.3 is 0 Å². The van der Waals surface area contributed by atoms with Gasteiger partial charge in [0, 0.05) is 9.79 Å². The fraction of sp³-hybridized carbons (Fsp3) is 0. The molecule has 0 atom stereocenters. The van der Waals surface area contributed by atoms with E-state index in [0.717, 1.165) is 4.90 Å². The molecular weight excluding hydrogens is 152 g/mol. The van der Waals surface area contributed by atoms with Gasteiger partial charge in [-0.2, -0.15) is 0 Å². The Balaban J connectivity index is 3.17. The summed E-state index contributed by atoms with van der Waals surface area (Å²) in [5.74, 6) is 0.172. The van der Waals surface area contributed by atoms with Gasteiger partial charge in [0.05, 0.1) is 0 Å². The summed E-state index contributed by atoms with van der Waals surface area (Å²) in [4.78, 5) is 1.32. The zero-order valence-electron chi connectivity index (χ0n) is 4.57. The number of hydrogen-bond donors (Lipinski definition) is 3. The summed E-state index contributed by atoms with van der Waals surface area (Å²) >= 11 is 7.97. The Morgan fingerprint density at radius 2 is 1.89 bits per heavy atom. The Hall–Kier alpha value is -0.280. The predicted octanol–water partition coefficient (Wildman–Crippen LogP) is 1.97. The van der Waals surface area contributed by atoms with E-state index in [1.165, 1.54) is 0 Å². The van der Waals surface area contributed by atoms with Crippen molar-refractivity contribution >= 4 is 25.3 Å². The third-order valence-corrected chi connectivity index (χ3v) is 1.62. The Kier molecular flexibility index (Phi) is 1.93. The minimum atomic E-state index is 0.172. The standard InChI is InChI=1S/C6H6OS2/c7-5-3-4(8)1-2-6(5)9/h1-3,7-9H. The third kappa shape index (κ3) is 1.56. The number of hydrogen-bond acceptors (Lipinski definition) is 3. The average Bonchev–Trinajstić information content (AvgIpc) is 1.80. The smallest absolute Gasteiger partial charge is 0.129 e. The lowest BCUT2D eigenvalue weighted by atomic mass is 10.3. The van der Waals surface area contributed by atoms with Gasteiger partial charge in [0.15, 0.2) is 0 Å². The van der Waals surface area contributed by atoms with Crippen molar-refractivity contribution in [3.8, 4) is 5.75 Å². The Bertz CT molecular complexity index is 222. The van der Waals surface area contributed by atoms with Gasteiger partial charge < -0.3 is 5.11 Å². The van der Waals surface area contributed by atoms with Crippen LogP contribution in [0.1, 0.15) is 0 Å². The van der Waals surface area contributed by atoms with E-state index in [2.05, 4.69) is 25.3 Å². The van der Waals surface area contributed by atoms with Crippen LogP contribution in [-0.4, -0.2) is 5.11 Å². The van der Waals surface area contributed by atoms with Gasteiger partial charge in [-0.1, -0.05) is 0 Å². The molecule has 0 unspecified atom stereocenters. The molecule has 1 rings (SSSR count). The van der Waals surface area contributed by atoms with Gasteiger partial charge in [0.25, 0.3) is 0 Å². The highest BCUT2D eigenvalue weighted by atomic mass is 32.1. The van der Waals surface area contributed by atoms with Gasteiger partial charge in [-0.05, 0) is 18.2 Å². The van der Waals surface area contributed by atoms with Gasteiger partial charge in [-0.3, -0.25) is 0 Å². The largest absolute Gasteiger partial charge is 0.507 e. The monoisotopic (exact) mass is 158 g/mol. The molecule has 3 heteroatoms. The Morgan fingerprint density at radius 3 is 2.33 bits per heavy atom. The van der Waals surface area contributed by atoms with Crippen molar-refractivity contribution in [3.63, 3.8) is 0 Å². The van der Waals surface area contributed by atoms with Gasteiger partial charge in [0.2, 0.25) is 0 Å². The molecule has 0 saturated heterocycles. The molecule has 48 valence electrons. The predicted molar refractivity (Wildman–Crippen MR) is 42.6 cm³/mol. The molecule has 0 spiro atoms. The van der Waals surface area contributed by atoms with E-state index in [9.17, 15) is 0 Å². The van der Waals surface area contributed by atoms with Crippen LogP contribution >= 0.6 is 25.3 Å². The minimum absolute atomic E-state index is 0.172. The topological polar surface area (TPSA) is 20.2 Å². The number of benzene rings is 1. The van der Waals surface area contributed by atoms with E-state index in [4.69, 9.17) is 5.11 Å². The maximum atomic E-state index is 8.97. The average molecular weight is 158 g/mol. The molecule has 0 amide bonds. The van der Waals surface area contributed by atoms with Crippen molar-refractivity contribution in [1.82, 2.24) is 0 Å². The first-order valence-electron chi connectivity index (χ1n) is 2.41. The number of aromatic hydroxyl groups is 1. The second-order valence-corrected chi connectivity index (χ2v) is 2.67. The zero-order chi connectivity index (χ0) is 6.85. The van der Waals surface area contributed by atoms with Crippen LogP contribution < -0.4 is 0 Å². The second kappa shape index (κ2) is 2.54. The van der Waals surface area contributed by atoms with Gasteiger partial charge in [-0.15, -0.1) is 25.3 Å². The lowest BCUT2D eigenvalue weighted by Gasteiger charge is -1.95. The summed E-state index contributed by atoms with van der Waals surface area (Å²) < 4.78 is 0. The lowest BCUT2D eigenvalue weighted by Crippen LogP contribution is -1.68. The molecule has 0 aliphatic carbocycles. The fourth-order valence-electron chi connectivity index (χ4n) is 0.512. The van der Waals surface area contributed by atoms with Crippen LogP contribution in [0.25, 0.3) is 0 Å². The lowest BCUT2D eigenvalue weighted by molar-refractivity contribution is 0.461. The number of phenolic OH excluding ortho intramolecular Hbond substituents is 1. The maximum absolute atomic E-state index is 8.97. The quantitative estimate of drug-likeness (QED) is 0.493. The molecule has 0 fully saturated rings. The normalized spacial score (nSPS) is 9.56. The van der Waals surface area contributed by atoms with Crippen molar-refractivity contribution in [1.29, 1.82) is 0 Å². The molecule has 1 aromatic rings. The molecule has 0 saturated carbocycles. The molecule has 0 aliphatic heterocycles. The van der Waals surface area contributed by atoms with Crippen molar-refractivity contribution in [3.05, 3.63) is 18.2 Å². The van der Waals surface area contributed by atoms with E-state index in [1.807, 2.05) is 0 Å². The van der Waals surface area contributed by atoms with E-state index >= 15 is 0 Å². The number of thiol groups is 2. The van der Waals surface area contributed by atoms with E-state index < -0.39 is 0 Å². The third-order valence-electron chi connectivity index (χ3n) is 0.959. The van der Waals surface area contributed by atoms with Crippen molar-refractivity contribution in [2.24, 2.45) is 0 Å². The highest BCUT2D eigenvalue weighted by molar-refractivity contribution is 7.80. The second-order valence-electron chi connectivity index (χ2n) is 1.67. The molecule has 1 nitrogen and oxygen atoms in total. The Morgan fingerprint density at radius 1 is 1.22 bits per heavy atom. The number of rotatable bonds is 0. The van der Waals surface area contributed by atoms with E-state index in [1.54, 1.807) is 18.2 Å². The summed E-state index contributed by atoms with van der Waals surface area (Å²) in [6.45, 7) is 0. The molecule has 0 aliphatic rings. The summed E-state index contributed by atoms with van der Waals surface area (Å²) in [6, 6.07) is 5.01. The first-order valence-corrected chi connectivity index (χ1v) is 3.30. The van der Waals surface area contributed by atoms with Crippen LogP contribution in [0.15, 0.2) is 28.0 Å². The van der Waals surface area contributed by atoms with E-state index in [0.29, 0.717) is 4.90 Å². The van der Waals surface area contributed by atoms with Crippen LogP contribution in [0.5, 0.6) is 5.75 Å². The summed E-state index contributed by atoms with van der Waals surface area (Å²) in [5.41, 5.74) is 0. The van der Waals surface area contributed by atoms with Crippen LogP contribution in [0, 0.1) is 0 Å². The molecule has 0 aromatic heterocycles. The van der Waals surface area contributed by atoms with Crippen LogP contribution in [-0.2, 0) is 0 Å². The highest BCUT2D eigenvalue weighted by Gasteiger charge is 1.93. The van der Waals surface area contributed by atoms with Crippen LogP contribution in [0.4, 0.5) is 0 Å². The van der Waals surface area contributed by atoms with Crippen molar-refractivity contribution < 1.29 is 5.11 Å². The molecule has 0 heterocycles. The van der Waals surface area contributed by atoms with Crippen molar-refractivity contribution in [2.45, 2.75) is 9.79 Å². The first-order chi connectivity index (χ1) is 4.20. The van der Waals surface area contributed by atoms with Crippen molar-refractivity contribution in [2.75, 3.05) is 0 Å². The zero-order valence-corrected chi connectivity index (χ0v) is 6.36. The summed E-state index contributed by atoms with van der Waals surface area (Å²) in [6.07, 6.45) is 0. The van der Waals surface area contributed by atoms with Gasteiger partial charge in [0.1, 0.15) is 5.75 Å². The van der Waals surface area contributed by atoms with Crippen LogP contribution in [0.2, 0.25) is 0 Å². The molecule has 1 aromatic carbocycles.